The van der Waals surface area contributed by atoms with E-state index in [1.807, 2.05) is 0 Å². The number of benzene rings is 1. The van der Waals surface area contributed by atoms with Gasteiger partial charge in [0.2, 0.25) is 0 Å². The summed E-state index contributed by atoms with van der Waals surface area (Å²) in [6.45, 7) is 2.14. The number of carbonyl (C=O) groups is 1. The molecular formula is C19H26ClFN2O. The van der Waals surface area contributed by atoms with E-state index >= 15 is 0 Å². The van der Waals surface area contributed by atoms with Gasteiger partial charge in [0.25, 0.3) is 5.91 Å². The molecule has 3 nitrogen and oxygen atoms in total. The third-order valence-electron chi connectivity index (χ3n) is 5.33. The molecule has 3 rings (SSSR count). The molecule has 2 aliphatic carbocycles. The topological polar surface area (TPSA) is 41.1 Å². The summed E-state index contributed by atoms with van der Waals surface area (Å²) in [6.07, 6.45) is 8.91. The third kappa shape index (κ3) is 4.93. The quantitative estimate of drug-likeness (QED) is 0.723. The van der Waals surface area contributed by atoms with Crippen LogP contribution in [-0.2, 0) is 0 Å². The molecule has 24 heavy (non-hydrogen) atoms. The minimum Gasteiger partial charge on any atom is -0.349 e. The second kappa shape index (κ2) is 8.30. The zero-order chi connectivity index (χ0) is 16.9. The molecule has 0 radical (unpaired) electrons. The van der Waals surface area contributed by atoms with Gasteiger partial charge in [-0.3, -0.25) is 4.79 Å². The maximum atomic E-state index is 13.3. The van der Waals surface area contributed by atoms with Crippen molar-refractivity contribution >= 4 is 17.5 Å². The van der Waals surface area contributed by atoms with Gasteiger partial charge in [0.05, 0.1) is 0 Å². The molecule has 1 aromatic rings. The van der Waals surface area contributed by atoms with E-state index in [0.717, 1.165) is 31.8 Å². The predicted molar refractivity (Wildman–Crippen MR) is 94.8 cm³/mol. The Bertz CT molecular complexity index is 548. The summed E-state index contributed by atoms with van der Waals surface area (Å²) in [4.78, 5) is 12.1. The molecule has 0 aliphatic heterocycles. The van der Waals surface area contributed by atoms with Gasteiger partial charge in [-0.25, -0.2) is 4.39 Å². The van der Waals surface area contributed by atoms with Crippen LogP contribution in [0.2, 0.25) is 5.02 Å². The standard InChI is InChI=1S/C19H26ClFN2O/c20-16-9-15(10-17(21)11-16)19(24)23-18-7-14(8-18)12-22-6-5-13-3-1-2-4-13/h9-11,13-14,18,22H,1-8,12H2,(H,23,24). The number of nitrogens with one attached hydrogen (secondary N) is 2. The van der Waals surface area contributed by atoms with Crippen LogP contribution in [0.1, 0.15) is 55.3 Å². The largest absolute Gasteiger partial charge is 0.349 e. The van der Waals surface area contributed by atoms with E-state index in [1.165, 1.54) is 50.3 Å². The zero-order valence-electron chi connectivity index (χ0n) is 14.0. The number of carbonyl (C=O) groups excluding carboxylic acids is 1. The number of halogens is 2. The fraction of sp³-hybridized carbons (Fsp3) is 0.632. The summed E-state index contributed by atoms with van der Waals surface area (Å²) in [5.74, 6) is 0.846. The molecule has 1 aromatic carbocycles. The van der Waals surface area contributed by atoms with E-state index < -0.39 is 5.82 Å². The van der Waals surface area contributed by atoms with Crippen LogP contribution in [0.15, 0.2) is 18.2 Å². The normalized spacial score (nSPS) is 23.9. The Morgan fingerprint density at radius 2 is 1.92 bits per heavy atom. The van der Waals surface area contributed by atoms with Crippen molar-refractivity contribution in [1.29, 1.82) is 0 Å². The maximum Gasteiger partial charge on any atom is 0.251 e. The van der Waals surface area contributed by atoms with Crippen molar-refractivity contribution in [2.75, 3.05) is 13.1 Å². The molecule has 0 atom stereocenters. The van der Waals surface area contributed by atoms with Crippen LogP contribution in [-0.4, -0.2) is 25.0 Å². The van der Waals surface area contributed by atoms with Gasteiger partial charge in [-0.1, -0.05) is 37.3 Å². The van der Waals surface area contributed by atoms with Gasteiger partial charge in [0.15, 0.2) is 0 Å². The van der Waals surface area contributed by atoms with Crippen molar-refractivity contribution in [2.45, 2.75) is 51.0 Å². The van der Waals surface area contributed by atoms with Crippen molar-refractivity contribution in [3.05, 3.63) is 34.6 Å². The lowest BCUT2D eigenvalue weighted by atomic mass is 9.80. The molecule has 0 aromatic heterocycles. The highest BCUT2D eigenvalue weighted by Crippen LogP contribution is 2.28. The summed E-state index contributed by atoms with van der Waals surface area (Å²) < 4.78 is 13.3. The summed E-state index contributed by atoms with van der Waals surface area (Å²) in [6, 6.07) is 4.12. The third-order valence-corrected chi connectivity index (χ3v) is 5.55. The van der Waals surface area contributed by atoms with Crippen molar-refractivity contribution < 1.29 is 9.18 Å². The van der Waals surface area contributed by atoms with E-state index in [9.17, 15) is 9.18 Å². The van der Waals surface area contributed by atoms with E-state index in [2.05, 4.69) is 10.6 Å². The molecule has 0 unspecified atom stereocenters. The van der Waals surface area contributed by atoms with E-state index in [-0.39, 0.29) is 22.5 Å². The number of rotatable bonds is 7. The van der Waals surface area contributed by atoms with Gasteiger partial charge in [-0.05, 0) is 62.4 Å². The lowest BCUT2D eigenvalue weighted by molar-refractivity contribution is 0.0888. The van der Waals surface area contributed by atoms with Crippen molar-refractivity contribution in [2.24, 2.45) is 11.8 Å². The Balaban J connectivity index is 1.31. The SMILES string of the molecule is O=C(NC1CC(CNCCC2CCCC2)C1)c1cc(F)cc(Cl)c1. The average Bonchev–Trinajstić information content (AvgIpc) is 3.00. The van der Waals surface area contributed by atoms with E-state index in [4.69, 9.17) is 11.6 Å². The first-order chi connectivity index (χ1) is 11.6. The molecule has 0 heterocycles. The molecule has 2 N–H and O–H groups in total. The van der Waals surface area contributed by atoms with Gasteiger partial charge in [-0.15, -0.1) is 0 Å². The zero-order valence-corrected chi connectivity index (χ0v) is 14.7. The molecule has 5 heteroatoms. The van der Waals surface area contributed by atoms with Gasteiger partial charge in [0, 0.05) is 16.6 Å². The lowest BCUT2D eigenvalue weighted by Gasteiger charge is -2.36. The molecule has 0 bridgehead atoms. The number of amides is 1. The van der Waals surface area contributed by atoms with Crippen molar-refractivity contribution in [3.8, 4) is 0 Å². The van der Waals surface area contributed by atoms with Crippen LogP contribution in [0.5, 0.6) is 0 Å². The molecule has 0 spiro atoms. The predicted octanol–water partition coefficient (Wildman–Crippen LogP) is 4.16. The van der Waals surface area contributed by atoms with Crippen molar-refractivity contribution in [1.82, 2.24) is 10.6 Å². The second-order valence-corrected chi connectivity index (χ2v) is 7.75. The van der Waals surface area contributed by atoms with Crippen LogP contribution < -0.4 is 10.6 Å². The van der Waals surface area contributed by atoms with Crippen LogP contribution in [0.3, 0.4) is 0 Å². The fourth-order valence-corrected chi connectivity index (χ4v) is 4.11. The first kappa shape index (κ1) is 17.7. The van der Waals surface area contributed by atoms with Crippen LogP contribution in [0, 0.1) is 17.7 Å². The monoisotopic (exact) mass is 352 g/mol. The fourth-order valence-electron chi connectivity index (χ4n) is 3.89. The summed E-state index contributed by atoms with van der Waals surface area (Å²) >= 11 is 5.79. The molecule has 132 valence electrons. The second-order valence-electron chi connectivity index (χ2n) is 7.31. The van der Waals surface area contributed by atoms with Crippen LogP contribution >= 0.6 is 11.6 Å². The van der Waals surface area contributed by atoms with Gasteiger partial charge >= 0.3 is 0 Å². The highest BCUT2D eigenvalue weighted by atomic mass is 35.5. The van der Waals surface area contributed by atoms with Gasteiger partial charge < -0.3 is 10.6 Å². The summed E-state index contributed by atoms with van der Waals surface area (Å²) in [5.41, 5.74) is 0.290. The highest BCUT2D eigenvalue weighted by molar-refractivity contribution is 6.31. The Morgan fingerprint density at radius 1 is 1.17 bits per heavy atom. The van der Waals surface area contributed by atoms with Gasteiger partial charge in [0.1, 0.15) is 5.82 Å². The summed E-state index contributed by atoms with van der Waals surface area (Å²) in [5, 5.41) is 6.76. The van der Waals surface area contributed by atoms with Crippen LogP contribution in [0.4, 0.5) is 4.39 Å². The smallest absolute Gasteiger partial charge is 0.251 e. The Hall–Kier alpha value is -1.13. The minimum atomic E-state index is -0.481. The Kier molecular flexibility index (Phi) is 6.12. The molecule has 2 saturated carbocycles. The number of hydrogen-bond donors (Lipinski definition) is 2. The first-order valence-corrected chi connectivity index (χ1v) is 9.45. The number of hydrogen-bond acceptors (Lipinski definition) is 2. The summed E-state index contributed by atoms with van der Waals surface area (Å²) in [7, 11) is 0. The minimum absolute atomic E-state index is 0.196. The van der Waals surface area contributed by atoms with E-state index in [0.29, 0.717) is 5.92 Å². The molecule has 1 amide bonds. The Morgan fingerprint density at radius 3 is 2.62 bits per heavy atom. The maximum absolute atomic E-state index is 13.3. The molecular weight excluding hydrogens is 327 g/mol. The molecule has 2 aliphatic rings. The Labute approximate surface area is 148 Å². The average molecular weight is 353 g/mol. The van der Waals surface area contributed by atoms with Crippen molar-refractivity contribution in [3.63, 3.8) is 0 Å². The van der Waals surface area contributed by atoms with E-state index in [1.54, 1.807) is 0 Å². The molecule has 0 saturated heterocycles. The first-order valence-electron chi connectivity index (χ1n) is 9.08. The van der Waals surface area contributed by atoms with Crippen LogP contribution in [0.25, 0.3) is 0 Å². The van der Waals surface area contributed by atoms with Gasteiger partial charge in [-0.2, -0.15) is 0 Å². The lowest BCUT2D eigenvalue weighted by Crippen LogP contribution is -2.47. The highest BCUT2D eigenvalue weighted by Gasteiger charge is 2.30. The molecule has 2 fully saturated rings.